The van der Waals surface area contributed by atoms with Crippen LogP contribution in [0.3, 0.4) is 0 Å². The molecule has 0 spiro atoms. The number of hydrogen-bond acceptors (Lipinski definition) is 5. The van der Waals surface area contributed by atoms with Crippen molar-refractivity contribution in [1.82, 2.24) is 15.4 Å². The molecule has 1 aromatic heterocycles. The second kappa shape index (κ2) is 8.39. The van der Waals surface area contributed by atoms with Gasteiger partial charge in [0.1, 0.15) is 11.7 Å². The minimum Gasteiger partial charge on any atom is -0.481 e. The highest BCUT2D eigenvalue weighted by molar-refractivity contribution is 5.94. The second-order valence-electron chi connectivity index (χ2n) is 4.22. The van der Waals surface area contributed by atoms with Crippen molar-refractivity contribution in [2.75, 3.05) is 6.54 Å². The van der Waals surface area contributed by atoms with E-state index in [1.165, 1.54) is 12.3 Å². The second-order valence-corrected chi connectivity index (χ2v) is 4.22. The van der Waals surface area contributed by atoms with Gasteiger partial charge in [0.05, 0.1) is 6.54 Å². The number of rotatable bonds is 8. The molecule has 0 radical (unpaired) electrons. The molecule has 0 saturated carbocycles. The summed E-state index contributed by atoms with van der Waals surface area (Å²) in [7, 11) is 0. The van der Waals surface area contributed by atoms with Gasteiger partial charge in [-0.05, 0) is 18.6 Å². The van der Waals surface area contributed by atoms with Crippen molar-refractivity contribution < 1.29 is 24.6 Å². The van der Waals surface area contributed by atoms with E-state index < -0.39 is 30.3 Å². The van der Waals surface area contributed by atoms with Crippen LogP contribution in [0.1, 0.15) is 23.3 Å². The Morgan fingerprint density at radius 3 is 2.59 bits per heavy atom. The van der Waals surface area contributed by atoms with E-state index in [1.54, 1.807) is 12.1 Å². The lowest BCUT2D eigenvalue weighted by molar-refractivity contribution is -0.144. The zero-order chi connectivity index (χ0) is 16.5. The van der Waals surface area contributed by atoms with Gasteiger partial charge in [0.15, 0.2) is 0 Å². The van der Waals surface area contributed by atoms with E-state index in [9.17, 15) is 19.5 Å². The maximum atomic E-state index is 12.4. The third-order valence-corrected chi connectivity index (χ3v) is 2.68. The Morgan fingerprint density at radius 2 is 2.09 bits per heavy atom. The minimum atomic E-state index is -1.38. The summed E-state index contributed by atoms with van der Waals surface area (Å²) in [5.41, 5.74) is 2.53. The molecule has 3 N–H and O–H groups in total. The first kappa shape index (κ1) is 17.1. The van der Waals surface area contributed by atoms with Gasteiger partial charge in [-0.2, -0.15) is 0 Å². The number of nitrogens with zero attached hydrogens (tertiary/aromatic N) is 2. The molecule has 0 bridgehead atoms. The van der Waals surface area contributed by atoms with E-state index in [4.69, 9.17) is 11.5 Å². The third-order valence-electron chi connectivity index (χ3n) is 2.68. The smallest absolute Gasteiger partial charge is 0.328 e. The summed E-state index contributed by atoms with van der Waals surface area (Å²) in [6, 6.07) is 3.23. The van der Waals surface area contributed by atoms with Crippen LogP contribution in [0, 0.1) is 12.3 Å². The van der Waals surface area contributed by atoms with Gasteiger partial charge in [-0.1, -0.05) is 12.0 Å². The lowest BCUT2D eigenvalue weighted by atomic mass is 10.1. The Morgan fingerprint density at radius 1 is 1.36 bits per heavy atom. The minimum absolute atomic E-state index is 0.0218. The molecule has 8 nitrogen and oxygen atoms in total. The number of carbonyl (C=O) groups is 3. The van der Waals surface area contributed by atoms with Gasteiger partial charge in [-0.15, -0.1) is 6.42 Å². The number of carbonyl (C=O) groups excluding carboxylic acids is 1. The van der Waals surface area contributed by atoms with Crippen molar-refractivity contribution >= 4 is 17.8 Å². The number of amides is 1. The quantitative estimate of drug-likeness (QED) is 0.456. The molecule has 1 aromatic rings. The molecule has 1 rings (SSSR count). The van der Waals surface area contributed by atoms with Gasteiger partial charge in [0, 0.05) is 12.6 Å². The molecule has 0 aromatic carbocycles. The monoisotopic (exact) mass is 305 g/mol. The fourth-order valence-corrected chi connectivity index (χ4v) is 1.69. The molecule has 1 amide bonds. The Labute approximate surface area is 126 Å². The summed E-state index contributed by atoms with van der Waals surface area (Å²) in [6.07, 6.45) is 5.83. The first-order chi connectivity index (χ1) is 10.5. The van der Waals surface area contributed by atoms with Gasteiger partial charge in [-0.3, -0.25) is 19.6 Å². The third kappa shape index (κ3) is 4.88. The summed E-state index contributed by atoms with van der Waals surface area (Å²) >= 11 is 0. The molecule has 1 heterocycles. The summed E-state index contributed by atoms with van der Waals surface area (Å²) in [4.78, 5) is 38.2. The number of aliphatic carboxylic acids is 2. The fourth-order valence-electron chi connectivity index (χ4n) is 1.69. The fraction of sp³-hybridized carbons (Fsp3) is 0.286. The van der Waals surface area contributed by atoms with E-state index in [2.05, 4.69) is 16.3 Å². The number of nitrogens with one attached hydrogen (secondary N) is 1. The lowest BCUT2D eigenvalue weighted by Gasteiger charge is -2.28. The van der Waals surface area contributed by atoms with Crippen LogP contribution in [-0.2, 0) is 9.59 Å². The van der Waals surface area contributed by atoms with Crippen LogP contribution < -0.4 is 5.43 Å². The molecule has 22 heavy (non-hydrogen) atoms. The molecule has 0 fully saturated rings. The Bertz CT molecular complexity index is 582. The summed E-state index contributed by atoms with van der Waals surface area (Å²) in [5, 5.41) is 18.8. The van der Waals surface area contributed by atoms with Crippen molar-refractivity contribution in [3.8, 4) is 12.3 Å². The number of terminal acetylenes is 1. The van der Waals surface area contributed by atoms with Gasteiger partial charge in [-0.25, -0.2) is 10.2 Å². The molecule has 0 unspecified atom stereocenters. The van der Waals surface area contributed by atoms with Gasteiger partial charge < -0.3 is 10.2 Å². The molecular weight excluding hydrogens is 290 g/mol. The zero-order valence-corrected chi connectivity index (χ0v) is 11.6. The number of hydrogen-bond donors (Lipinski definition) is 3. The predicted molar refractivity (Wildman–Crippen MR) is 75.5 cm³/mol. The van der Waals surface area contributed by atoms with Crippen molar-refractivity contribution in [3.05, 3.63) is 30.1 Å². The van der Waals surface area contributed by atoms with Crippen molar-refractivity contribution in [1.29, 1.82) is 0 Å². The first-order valence-electron chi connectivity index (χ1n) is 6.33. The number of pyridine rings is 1. The topological polar surface area (TPSA) is 120 Å². The predicted octanol–water partition coefficient (Wildman–Crippen LogP) is -0.0204. The highest BCUT2D eigenvalue weighted by Crippen LogP contribution is 2.10. The largest absolute Gasteiger partial charge is 0.481 e. The standard InChI is InChI=1S/C14H15N3O5/c1-2-8-16-17(11(14(21)22)6-7-12(18)19)13(20)10-5-3-4-9-15-10/h1,3-5,9,11,16H,6-8H2,(H,18,19)(H,21,22)/t11-/m0/s1. The molecule has 8 heteroatoms. The Kier molecular flexibility index (Phi) is 6.53. The van der Waals surface area contributed by atoms with Crippen LogP contribution in [-0.4, -0.2) is 50.6 Å². The van der Waals surface area contributed by atoms with E-state index in [0.29, 0.717) is 0 Å². The van der Waals surface area contributed by atoms with E-state index in [1.807, 2.05) is 0 Å². The maximum absolute atomic E-state index is 12.4. The van der Waals surface area contributed by atoms with Crippen LogP contribution in [0.25, 0.3) is 0 Å². The van der Waals surface area contributed by atoms with Crippen LogP contribution in [0.4, 0.5) is 0 Å². The molecule has 116 valence electrons. The highest BCUT2D eigenvalue weighted by Gasteiger charge is 2.31. The van der Waals surface area contributed by atoms with Crippen molar-refractivity contribution in [2.24, 2.45) is 0 Å². The molecule has 0 aliphatic rings. The Hall–Kier alpha value is -2.92. The Balaban J connectivity index is 3.02. The number of hydrazine groups is 1. The van der Waals surface area contributed by atoms with Gasteiger partial charge in [0.2, 0.25) is 0 Å². The van der Waals surface area contributed by atoms with Crippen LogP contribution in [0.15, 0.2) is 24.4 Å². The number of carboxylic acids is 2. The maximum Gasteiger partial charge on any atom is 0.328 e. The summed E-state index contributed by atoms with van der Waals surface area (Å²) in [5.74, 6) is -0.969. The van der Waals surface area contributed by atoms with Crippen LogP contribution >= 0.6 is 0 Å². The zero-order valence-electron chi connectivity index (χ0n) is 11.6. The van der Waals surface area contributed by atoms with Gasteiger partial charge in [0.25, 0.3) is 5.91 Å². The molecular formula is C14H15N3O5. The SMILES string of the molecule is C#CCNN(C(=O)c1ccccn1)[C@@H](CCC(=O)O)C(=O)O. The van der Waals surface area contributed by atoms with E-state index >= 15 is 0 Å². The highest BCUT2D eigenvalue weighted by atomic mass is 16.4. The number of carboxylic acid groups (broad SMARTS) is 2. The normalized spacial score (nSPS) is 11.2. The molecule has 0 saturated heterocycles. The van der Waals surface area contributed by atoms with E-state index in [-0.39, 0.29) is 18.7 Å². The average molecular weight is 305 g/mol. The van der Waals surface area contributed by atoms with E-state index in [0.717, 1.165) is 5.01 Å². The van der Waals surface area contributed by atoms with Crippen molar-refractivity contribution in [2.45, 2.75) is 18.9 Å². The molecule has 0 aliphatic heterocycles. The summed E-state index contributed by atoms with van der Waals surface area (Å²) in [6.45, 7) is -0.0879. The van der Waals surface area contributed by atoms with Gasteiger partial charge >= 0.3 is 11.9 Å². The summed E-state index contributed by atoms with van der Waals surface area (Å²) < 4.78 is 0. The average Bonchev–Trinajstić information content (AvgIpc) is 2.50. The molecule has 0 aliphatic carbocycles. The number of aromatic nitrogens is 1. The van der Waals surface area contributed by atoms with Crippen LogP contribution in [0.5, 0.6) is 0 Å². The van der Waals surface area contributed by atoms with Crippen LogP contribution in [0.2, 0.25) is 0 Å². The van der Waals surface area contributed by atoms with Crippen molar-refractivity contribution in [3.63, 3.8) is 0 Å². The molecule has 1 atom stereocenters. The lowest BCUT2D eigenvalue weighted by Crippen LogP contribution is -2.53. The first-order valence-corrected chi connectivity index (χ1v) is 6.33.